The van der Waals surface area contributed by atoms with Crippen LogP contribution < -0.4 is 5.32 Å². The number of hydrogen-bond donors (Lipinski definition) is 1. The number of carbonyl (C=O) groups excluding carboxylic acids is 1. The molecule has 0 saturated heterocycles. The molecule has 0 saturated carbocycles. The van der Waals surface area contributed by atoms with E-state index in [1.54, 1.807) is 11.8 Å². The van der Waals surface area contributed by atoms with Crippen molar-refractivity contribution in [1.29, 1.82) is 0 Å². The molecule has 1 rings (SSSR count). The molecule has 4 heteroatoms. The smallest absolute Gasteiger partial charge is 0.223 e. The summed E-state index contributed by atoms with van der Waals surface area (Å²) in [6.07, 6.45) is 2.79. The number of amides is 1. The van der Waals surface area contributed by atoms with Gasteiger partial charge in [-0.05, 0) is 18.2 Å². The summed E-state index contributed by atoms with van der Waals surface area (Å²) in [7, 11) is 0. The summed E-state index contributed by atoms with van der Waals surface area (Å²) in [5.41, 5.74) is 1.20. The lowest BCUT2D eigenvalue weighted by molar-refractivity contribution is -0.124. The molecule has 0 radical (unpaired) electrons. The monoisotopic (exact) mass is 285 g/mol. The van der Waals surface area contributed by atoms with E-state index in [4.69, 9.17) is 11.6 Å². The van der Waals surface area contributed by atoms with Crippen LogP contribution in [0.3, 0.4) is 0 Å². The van der Waals surface area contributed by atoms with Crippen LogP contribution in [0.5, 0.6) is 0 Å². The molecular formula is C14H20ClNOS. The molecule has 0 spiro atoms. The van der Waals surface area contributed by atoms with Crippen molar-refractivity contribution in [1.82, 2.24) is 5.32 Å². The number of alkyl halides is 1. The highest BCUT2D eigenvalue weighted by molar-refractivity contribution is 7.98. The molecule has 0 aliphatic rings. The van der Waals surface area contributed by atoms with Crippen LogP contribution in [0, 0.1) is 5.92 Å². The minimum absolute atomic E-state index is 0.00544. The van der Waals surface area contributed by atoms with Crippen molar-refractivity contribution < 1.29 is 4.79 Å². The van der Waals surface area contributed by atoms with E-state index in [-0.39, 0.29) is 17.9 Å². The molecule has 1 aromatic carbocycles. The summed E-state index contributed by atoms with van der Waals surface area (Å²) in [4.78, 5) is 11.9. The van der Waals surface area contributed by atoms with Gasteiger partial charge in [0.15, 0.2) is 0 Å². The molecule has 1 N–H and O–H groups in total. The zero-order valence-electron chi connectivity index (χ0n) is 10.9. The Kier molecular flexibility index (Phi) is 7.21. The Hall–Kier alpha value is -0.670. The second kappa shape index (κ2) is 8.44. The number of thioether (sulfide) groups is 1. The molecule has 2 unspecified atom stereocenters. The lowest BCUT2D eigenvalue weighted by atomic mass is 10.1. The van der Waals surface area contributed by atoms with Gasteiger partial charge in [0.2, 0.25) is 5.91 Å². The number of carbonyl (C=O) groups is 1. The molecular weight excluding hydrogens is 266 g/mol. The van der Waals surface area contributed by atoms with Gasteiger partial charge in [-0.15, -0.1) is 11.6 Å². The van der Waals surface area contributed by atoms with Crippen molar-refractivity contribution in [2.75, 3.05) is 17.9 Å². The molecule has 18 heavy (non-hydrogen) atoms. The molecule has 0 bridgehead atoms. The van der Waals surface area contributed by atoms with Gasteiger partial charge in [-0.25, -0.2) is 0 Å². The quantitative estimate of drug-likeness (QED) is 0.781. The second-order valence-electron chi connectivity index (χ2n) is 4.41. The predicted octanol–water partition coefficient (Wildman–Crippen LogP) is 2.95. The highest BCUT2D eigenvalue weighted by Crippen LogP contribution is 2.08. The van der Waals surface area contributed by atoms with E-state index >= 15 is 0 Å². The number of rotatable bonds is 7. The standard InChI is InChI=1S/C14H20ClNOS/c1-11(10-18-2)14(17)16-13(9-15)8-12-6-4-3-5-7-12/h3-7,11,13H,8-10H2,1-2H3,(H,16,17). The minimum atomic E-state index is 0.00544. The van der Waals surface area contributed by atoms with Crippen LogP contribution in [-0.4, -0.2) is 29.8 Å². The molecule has 1 amide bonds. The number of benzene rings is 1. The first-order valence-corrected chi connectivity index (χ1v) is 7.99. The lowest BCUT2D eigenvalue weighted by Gasteiger charge is -2.19. The van der Waals surface area contributed by atoms with Crippen molar-refractivity contribution in [3.63, 3.8) is 0 Å². The van der Waals surface area contributed by atoms with Crippen LogP contribution in [0.15, 0.2) is 30.3 Å². The highest BCUT2D eigenvalue weighted by Gasteiger charge is 2.16. The van der Waals surface area contributed by atoms with Gasteiger partial charge in [0.05, 0.1) is 0 Å². The molecule has 0 aliphatic carbocycles. The van der Waals surface area contributed by atoms with E-state index in [1.165, 1.54) is 5.56 Å². The maximum Gasteiger partial charge on any atom is 0.223 e. The van der Waals surface area contributed by atoms with Crippen molar-refractivity contribution in [2.24, 2.45) is 5.92 Å². The summed E-state index contributed by atoms with van der Waals surface area (Å²) in [6, 6.07) is 10.1. The van der Waals surface area contributed by atoms with E-state index in [2.05, 4.69) is 17.4 Å². The van der Waals surface area contributed by atoms with Gasteiger partial charge in [-0.1, -0.05) is 37.3 Å². The molecule has 0 fully saturated rings. The highest BCUT2D eigenvalue weighted by atomic mass is 35.5. The van der Waals surface area contributed by atoms with E-state index < -0.39 is 0 Å². The van der Waals surface area contributed by atoms with Gasteiger partial charge in [-0.3, -0.25) is 4.79 Å². The fourth-order valence-corrected chi connectivity index (χ4v) is 2.55. The largest absolute Gasteiger partial charge is 0.352 e. The third-order valence-corrected chi connectivity index (χ3v) is 3.93. The fraction of sp³-hybridized carbons (Fsp3) is 0.500. The van der Waals surface area contributed by atoms with Gasteiger partial charge in [0.25, 0.3) is 0 Å². The van der Waals surface area contributed by atoms with E-state index in [9.17, 15) is 4.79 Å². The van der Waals surface area contributed by atoms with Crippen LogP contribution in [0.2, 0.25) is 0 Å². The topological polar surface area (TPSA) is 29.1 Å². The maximum absolute atomic E-state index is 11.9. The average molecular weight is 286 g/mol. The second-order valence-corrected chi connectivity index (χ2v) is 5.63. The predicted molar refractivity (Wildman–Crippen MR) is 80.3 cm³/mol. The summed E-state index contributed by atoms with van der Waals surface area (Å²) >= 11 is 7.61. The van der Waals surface area contributed by atoms with Crippen LogP contribution >= 0.6 is 23.4 Å². The normalized spacial score (nSPS) is 13.9. The van der Waals surface area contributed by atoms with Gasteiger partial charge < -0.3 is 5.32 Å². The molecule has 0 heterocycles. The Morgan fingerprint density at radius 2 is 2.06 bits per heavy atom. The average Bonchev–Trinajstić information content (AvgIpc) is 2.39. The van der Waals surface area contributed by atoms with Crippen LogP contribution in [0.25, 0.3) is 0 Å². The minimum Gasteiger partial charge on any atom is -0.352 e. The third kappa shape index (κ3) is 5.32. The summed E-state index contributed by atoms with van der Waals surface area (Å²) in [6.45, 7) is 1.94. The summed E-state index contributed by atoms with van der Waals surface area (Å²) in [5.74, 6) is 1.39. The molecule has 1 aromatic rings. The van der Waals surface area contributed by atoms with Crippen molar-refractivity contribution in [3.05, 3.63) is 35.9 Å². The van der Waals surface area contributed by atoms with Crippen LogP contribution in [0.1, 0.15) is 12.5 Å². The lowest BCUT2D eigenvalue weighted by Crippen LogP contribution is -2.41. The SMILES string of the molecule is CSCC(C)C(=O)NC(CCl)Cc1ccccc1. The molecule has 0 aromatic heterocycles. The Bertz CT molecular complexity index is 358. The molecule has 2 atom stereocenters. The van der Waals surface area contributed by atoms with Crippen molar-refractivity contribution in [3.8, 4) is 0 Å². The van der Waals surface area contributed by atoms with E-state index in [1.807, 2.05) is 31.4 Å². The van der Waals surface area contributed by atoms with Gasteiger partial charge in [0, 0.05) is 23.6 Å². The molecule has 100 valence electrons. The zero-order chi connectivity index (χ0) is 13.4. The Morgan fingerprint density at radius 1 is 1.39 bits per heavy atom. The fourth-order valence-electron chi connectivity index (χ4n) is 1.71. The maximum atomic E-state index is 11.9. The van der Waals surface area contributed by atoms with E-state index in [0.717, 1.165) is 12.2 Å². The number of halogens is 1. The Balaban J connectivity index is 2.49. The zero-order valence-corrected chi connectivity index (χ0v) is 12.4. The summed E-state index contributed by atoms with van der Waals surface area (Å²) < 4.78 is 0. The number of nitrogens with one attached hydrogen (secondary N) is 1. The first-order chi connectivity index (χ1) is 8.67. The molecule has 0 aliphatic heterocycles. The third-order valence-electron chi connectivity index (χ3n) is 2.72. The summed E-state index contributed by atoms with van der Waals surface area (Å²) in [5, 5.41) is 3.02. The van der Waals surface area contributed by atoms with Crippen LogP contribution in [-0.2, 0) is 11.2 Å². The van der Waals surface area contributed by atoms with Gasteiger partial charge in [0.1, 0.15) is 0 Å². The Labute approximate surface area is 118 Å². The van der Waals surface area contributed by atoms with Crippen molar-refractivity contribution in [2.45, 2.75) is 19.4 Å². The molecule has 2 nitrogen and oxygen atoms in total. The Morgan fingerprint density at radius 3 is 2.61 bits per heavy atom. The van der Waals surface area contributed by atoms with Crippen molar-refractivity contribution >= 4 is 29.3 Å². The van der Waals surface area contributed by atoms with Gasteiger partial charge >= 0.3 is 0 Å². The van der Waals surface area contributed by atoms with Gasteiger partial charge in [-0.2, -0.15) is 11.8 Å². The first kappa shape index (κ1) is 15.4. The first-order valence-electron chi connectivity index (χ1n) is 6.06. The van der Waals surface area contributed by atoms with E-state index in [0.29, 0.717) is 5.88 Å². The van der Waals surface area contributed by atoms with Crippen LogP contribution in [0.4, 0.5) is 0 Å². The number of hydrogen-bond acceptors (Lipinski definition) is 2.